The molecule has 0 saturated heterocycles. The standard InChI is InChI=1S/C13H14N2O3/c1-9(8-10-4-3-7-18-10)15-12-11(13(16)17)5-2-6-14-12/h2-7,9H,8H2,1H3,(H,14,15)(H,16,17). The molecule has 1 atom stereocenters. The van der Waals surface area contributed by atoms with E-state index in [1.54, 1.807) is 18.5 Å². The van der Waals surface area contributed by atoms with Crippen LogP contribution in [0.1, 0.15) is 23.0 Å². The molecule has 2 aromatic rings. The summed E-state index contributed by atoms with van der Waals surface area (Å²) in [5.74, 6) is 0.239. The summed E-state index contributed by atoms with van der Waals surface area (Å²) >= 11 is 0. The van der Waals surface area contributed by atoms with E-state index in [9.17, 15) is 4.79 Å². The van der Waals surface area contributed by atoms with E-state index in [2.05, 4.69) is 10.3 Å². The third-order valence-corrected chi connectivity index (χ3v) is 2.51. The number of aromatic carboxylic acids is 1. The second-order valence-corrected chi connectivity index (χ2v) is 4.03. The molecule has 0 aromatic carbocycles. The van der Waals surface area contributed by atoms with E-state index in [-0.39, 0.29) is 11.6 Å². The van der Waals surface area contributed by atoms with Crippen molar-refractivity contribution in [3.05, 3.63) is 48.0 Å². The van der Waals surface area contributed by atoms with E-state index in [0.29, 0.717) is 12.2 Å². The predicted octanol–water partition coefficient (Wildman–Crippen LogP) is 2.42. The number of carboxylic acids is 1. The molecule has 0 spiro atoms. The zero-order chi connectivity index (χ0) is 13.0. The molecule has 94 valence electrons. The lowest BCUT2D eigenvalue weighted by Gasteiger charge is -2.14. The Labute approximate surface area is 104 Å². The van der Waals surface area contributed by atoms with Crippen LogP contribution in [0.2, 0.25) is 0 Å². The van der Waals surface area contributed by atoms with Gasteiger partial charge in [0, 0.05) is 18.7 Å². The molecule has 0 saturated carbocycles. The fraction of sp³-hybridized carbons (Fsp3) is 0.231. The average molecular weight is 246 g/mol. The molecule has 18 heavy (non-hydrogen) atoms. The molecule has 2 heterocycles. The first-order valence-corrected chi connectivity index (χ1v) is 5.64. The third-order valence-electron chi connectivity index (χ3n) is 2.51. The molecule has 0 radical (unpaired) electrons. The molecule has 0 aliphatic rings. The smallest absolute Gasteiger partial charge is 0.339 e. The number of nitrogens with one attached hydrogen (secondary N) is 1. The normalized spacial score (nSPS) is 12.1. The quantitative estimate of drug-likeness (QED) is 0.847. The lowest BCUT2D eigenvalue weighted by molar-refractivity contribution is 0.0697. The number of carboxylic acid groups (broad SMARTS) is 1. The van der Waals surface area contributed by atoms with Crippen molar-refractivity contribution in [1.82, 2.24) is 4.98 Å². The highest BCUT2D eigenvalue weighted by molar-refractivity contribution is 5.93. The monoisotopic (exact) mass is 246 g/mol. The van der Waals surface area contributed by atoms with Gasteiger partial charge in [-0.2, -0.15) is 0 Å². The van der Waals surface area contributed by atoms with Crippen LogP contribution in [0, 0.1) is 0 Å². The number of hydrogen-bond donors (Lipinski definition) is 2. The first-order chi connectivity index (χ1) is 8.66. The highest BCUT2D eigenvalue weighted by atomic mass is 16.4. The van der Waals surface area contributed by atoms with Crippen LogP contribution in [0.25, 0.3) is 0 Å². The summed E-state index contributed by atoms with van der Waals surface area (Å²) in [6.07, 6.45) is 3.85. The Bertz CT molecular complexity index is 523. The lowest BCUT2D eigenvalue weighted by Crippen LogP contribution is -2.20. The summed E-state index contributed by atoms with van der Waals surface area (Å²) in [6, 6.07) is 6.87. The van der Waals surface area contributed by atoms with Gasteiger partial charge < -0.3 is 14.8 Å². The van der Waals surface area contributed by atoms with Gasteiger partial charge in [0.15, 0.2) is 0 Å². The molecule has 2 aromatic heterocycles. The molecule has 2 N–H and O–H groups in total. The number of furan rings is 1. The maximum absolute atomic E-state index is 11.0. The fourth-order valence-corrected chi connectivity index (χ4v) is 1.71. The van der Waals surface area contributed by atoms with Gasteiger partial charge in [-0.25, -0.2) is 9.78 Å². The minimum atomic E-state index is -0.990. The molecule has 5 nitrogen and oxygen atoms in total. The number of anilines is 1. The van der Waals surface area contributed by atoms with Gasteiger partial charge in [0.1, 0.15) is 17.1 Å². The van der Waals surface area contributed by atoms with Gasteiger partial charge in [-0.1, -0.05) is 0 Å². The first-order valence-electron chi connectivity index (χ1n) is 5.64. The number of rotatable bonds is 5. The Kier molecular flexibility index (Phi) is 3.62. The van der Waals surface area contributed by atoms with E-state index < -0.39 is 5.97 Å². The second-order valence-electron chi connectivity index (χ2n) is 4.03. The summed E-state index contributed by atoms with van der Waals surface area (Å²) in [4.78, 5) is 15.1. The zero-order valence-electron chi connectivity index (χ0n) is 9.96. The summed E-state index contributed by atoms with van der Waals surface area (Å²) in [5.41, 5.74) is 0.170. The molecular formula is C13H14N2O3. The van der Waals surface area contributed by atoms with Crippen molar-refractivity contribution in [2.75, 3.05) is 5.32 Å². The largest absolute Gasteiger partial charge is 0.478 e. The SMILES string of the molecule is CC(Cc1ccco1)Nc1ncccc1C(=O)O. The van der Waals surface area contributed by atoms with Crippen LogP contribution in [0.3, 0.4) is 0 Å². The minimum Gasteiger partial charge on any atom is -0.478 e. The Balaban J connectivity index is 2.07. The Morgan fingerprint density at radius 3 is 3.00 bits per heavy atom. The van der Waals surface area contributed by atoms with Crippen LogP contribution >= 0.6 is 0 Å². The van der Waals surface area contributed by atoms with Crippen LogP contribution < -0.4 is 5.32 Å². The maximum atomic E-state index is 11.0. The molecular weight excluding hydrogens is 232 g/mol. The van der Waals surface area contributed by atoms with E-state index in [1.165, 1.54) is 6.07 Å². The van der Waals surface area contributed by atoms with E-state index >= 15 is 0 Å². The van der Waals surface area contributed by atoms with Gasteiger partial charge >= 0.3 is 5.97 Å². The molecule has 0 fully saturated rings. The predicted molar refractivity (Wildman–Crippen MR) is 66.7 cm³/mol. The Morgan fingerprint density at radius 2 is 2.33 bits per heavy atom. The fourth-order valence-electron chi connectivity index (χ4n) is 1.71. The van der Waals surface area contributed by atoms with Crippen molar-refractivity contribution in [1.29, 1.82) is 0 Å². The maximum Gasteiger partial charge on any atom is 0.339 e. The number of aromatic nitrogens is 1. The van der Waals surface area contributed by atoms with Crippen molar-refractivity contribution < 1.29 is 14.3 Å². The van der Waals surface area contributed by atoms with E-state index in [1.807, 2.05) is 19.1 Å². The summed E-state index contributed by atoms with van der Waals surface area (Å²) in [7, 11) is 0. The molecule has 1 unspecified atom stereocenters. The first kappa shape index (κ1) is 12.2. The number of pyridine rings is 1. The van der Waals surface area contributed by atoms with Crippen LogP contribution in [-0.4, -0.2) is 22.1 Å². The van der Waals surface area contributed by atoms with Crippen molar-refractivity contribution in [3.63, 3.8) is 0 Å². The molecule has 0 aliphatic carbocycles. The number of hydrogen-bond acceptors (Lipinski definition) is 4. The van der Waals surface area contributed by atoms with E-state index in [4.69, 9.17) is 9.52 Å². The average Bonchev–Trinajstić information content (AvgIpc) is 2.82. The number of nitrogens with zero attached hydrogens (tertiary/aromatic N) is 1. The zero-order valence-corrected chi connectivity index (χ0v) is 9.96. The van der Waals surface area contributed by atoms with Crippen molar-refractivity contribution in [2.45, 2.75) is 19.4 Å². The van der Waals surface area contributed by atoms with Gasteiger partial charge in [-0.3, -0.25) is 0 Å². The summed E-state index contributed by atoms with van der Waals surface area (Å²) in [6.45, 7) is 1.95. The Hall–Kier alpha value is -2.30. The summed E-state index contributed by atoms with van der Waals surface area (Å²) in [5, 5.41) is 12.1. The van der Waals surface area contributed by atoms with Crippen molar-refractivity contribution in [3.8, 4) is 0 Å². The minimum absolute atomic E-state index is 0.0316. The van der Waals surface area contributed by atoms with Crippen molar-refractivity contribution in [2.24, 2.45) is 0 Å². The molecule has 5 heteroatoms. The highest BCUT2D eigenvalue weighted by Crippen LogP contribution is 2.14. The number of carbonyl (C=O) groups is 1. The molecule has 2 rings (SSSR count). The highest BCUT2D eigenvalue weighted by Gasteiger charge is 2.13. The van der Waals surface area contributed by atoms with Crippen LogP contribution in [0.15, 0.2) is 41.1 Å². The molecule has 0 amide bonds. The van der Waals surface area contributed by atoms with Gasteiger partial charge in [0.2, 0.25) is 0 Å². The van der Waals surface area contributed by atoms with Crippen LogP contribution in [0.5, 0.6) is 0 Å². The van der Waals surface area contributed by atoms with Gasteiger partial charge in [-0.05, 0) is 31.2 Å². The van der Waals surface area contributed by atoms with Gasteiger partial charge in [0.05, 0.1) is 6.26 Å². The molecule has 0 bridgehead atoms. The van der Waals surface area contributed by atoms with Gasteiger partial charge in [0.25, 0.3) is 0 Å². The van der Waals surface area contributed by atoms with E-state index in [0.717, 1.165) is 5.76 Å². The van der Waals surface area contributed by atoms with Crippen molar-refractivity contribution >= 4 is 11.8 Å². The Morgan fingerprint density at radius 1 is 1.50 bits per heavy atom. The van der Waals surface area contributed by atoms with Crippen LogP contribution in [-0.2, 0) is 6.42 Å². The van der Waals surface area contributed by atoms with Gasteiger partial charge in [-0.15, -0.1) is 0 Å². The topological polar surface area (TPSA) is 75.4 Å². The second kappa shape index (κ2) is 5.35. The van der Waals surface area contributed by atoms with Crippen LogP contribution in [0.4, 0.5) is 5.82 Å². The molecule has 0 aliphatic heterocycles. The lowest BCUT2D eigenvalue weighted by atomic mass is 10.2. The third kappa shape index (κ3) is 2.88. The summed E-state index contributed by atoms with van der Waals surface area (Å²) < 4.78 is 5.24.